The molecule has 0 atom stereocenters. The lowest BCUT2D eigenvalue weighted by atomic mass is 10.3. The number of nitrogens with one attached hydrogen (secondary N) is 1. The average Bonchev–Trinajstić information content (AvgIpc) is 2.94. The van der Waals surface area contributed by atoms with Crippen molar-refractivity contribution in [3.05, 3.63) is 33.8 Å². The predicted molar refractivity (Wildman–Crippen MR) is 72.9 cm³/mol. The number of carbonyl (C=O) groups is 1. The highest BCUT2D eigenvalue weighted by atomic mass is 35.5. The van der Waals surface area contributed by atoms with Gasteiger partial charge in [-0.25, -0.2) is 9.48 Å². The molecule has 3 rings (SSSR count). The SMILES string of the molecule is Cn1nnnc1NC(=O)Cn1c(=O)oc2cc(Cl)ccc21. The van der Waals surface area contributed by atoms with E-state index >= 15 is 0 Å². The van der Waals surface area contributed by atoms with E-state index < -0.39 is 11.7 Å². The van der Waals surface area contributed by atoms with Crippen LogP contribution in [0.3, 0.4) is 0 Å². The fourth-order valence-corrected chi connectivity index (χ4v) is 2.00. The molecule has 0 radical (unpaired) electrons. The summed E-state index contributed by atoms with van der Waals surface area (Å²) in [4.78, 5) is 23.7. The second-order valence-electron chi connectivity index (χ2n) is 4.24. The van der Waals surface area contributed by atoms with Crippen LogP contribution in [0.2, 0.25) is 5.02 Å². The van der Waals surface area contributed by atoms with Crippen molar-refractivity contribution in [2.24, 2.45) is 7.05 Å². The molecule has 0 saturated heterocycles. The third-order valence-electron chi connectivity index (χ3n) is 2.80. The van der Waals surface area contributed by atoms with Crippen LogP contribution in [0.25, 0.3) is 11.1 Å². The largest absolute Gasteiger partial charge is 0.420 e. The zero-order valence-electron chi connectivity index (χ0n) is 10.8. The second kappa shape index (κ2) is 5.02. The van der Waals surface area contributed by atoms with Crippen molar-refractivity contribution in [3.63, 3.8) is 0 Å². The number of nitrogens with zero attached hydrogens (tertiary/aromatic N) is 5. The number of oxazole rings is 1. The molecule has 10 heteroatoms. The molecule has 0 bridgehead atoms. The quantitative estimate of drug-likeness (QED) is 0.751. The van der Waals surface area contributed by atoms with E-state index in [0.29, 0.717) is 16.1 Å². The highest BCUT2D eigenvalue weighted by molar-refractivity contribution is 6.31. The van der Waals surface area contributed by atoms with Gasteiger partial charge in [-0.1, -0.05) is 16.7 Å². The van der Waals surface area contributed by atoms with Crippen molar-refractivity contribution >= 4 is 34.6 Å². The average molecular weight is 309 g/mol. The minimum Gasteiger partial charge on any atom is -0.408 e. The summed E-state index contributed by atoms with van der Waals surface area (Å²) < 4.78 is 7.54. The molecule has 0 aliphatic carbocycles. The van der Waals surface area contributed by atoms with E-state index in [-0.39, 0.29) is 12.5 Å². The fraction of sp³-hybridized carbons (Fsp3) is 0.182. The molecule has 0 unspecified atom stereocenters. The topological polar surface area (TPSA) is 108 Å². The van der Waals surface area contributed by atoms with E-state index in [9.17, 15) is 9.59 Å². The molecule has 0 fully saturated rings. The normalized spacial score (nSPS) is 11.0. The monoisotopic (exact) mass is 308 g/mol. The molecule has 1 amide bonds. The Morgan fingerprint density at radius 1 is 1.48 bits per heavy atom. The van der Waals surface area contributed by atoms with Gasteiger partial charge >= 0.3 is 5.76 Å². The molecular formula is C11H9ClN6O3. The number of aromatic nitrogens is 5. The first-order valence-electron chi connectivity index (χ1n) is 5.85. The van der Waals surface area contributed by atoms with Crippen LogP contribution in [0, 0.1) is 0 Å². The van der Waals surface area contributed by atoms with Crippen LogP contribution in [0.5, 0.6) is 0 Å². The molecule has 1 N–H and O–H groups in total. The number of amides is 1. The molecule has 2 heterocycles. The Morgan fingerprint density at radius 2 is 2.29 bits per heavy atom. The number of benzene rings is 1. The summed E-state index contributed by atoms with van der Waals surface area (Å²) in [6.07, 6.45) is 0. The van der Waals surface area contributed by atoms with Crippen molar-refractivity contribution in [1.29, 1.82) is 0 Å². The van der Waals surface area contributed by atoms with Crippen LogP contribution < -0.4 is 11.1 Å². The Balaban J connectivity index is 1.88. The highest BCUT2D eigenvalue weighted by Crippen LogP contribution is 2.18. The minimum atomic E-state index is -0.640. The lowest BCUT2D eigenvalue weighted by Crippen LogP contribution is -2.25. The highest BCUT2D eigenvalue weighted by Gasteiger charge is 2.14. The molecule has 21 heavy (non-hydrogen) atoms. The first-order chi connectivity index (χ1) is 10.0. The molecule has 1 aromatic carbocycles. The Hall–Kier alpha value is -2.68. The van der Waals surface area contributed by atoms with Gasteiger partial charge in [0.25, 0.3) is 0 Å². The Morgan fingerprint density at radius 3 is 3.00 bits per heavy atom. The summed E-state index contributed by atoms with van der Waals surface area (Å²) >= 11 is 5.82. The van der Waals surface area contributed by atoms with E-state index in [1.54, 1.807) is 19.2 Å². The number of carbonyl (C=O) groups excluding carboxylic acids is 1. The van der Waals surface area contributed by atoms with E-state index in [0.717, 1.165) is 0 Å². The van der Waals surface area contributed by atoms with Gasteiger partial charge in [-0.05, 0) is 22.6 Å². The van der Waals surface area contributed by atoms with Crippen LogP contribution in [0.4, 0.5) is 5.95 Å². The van der Waals surface area contributed by atoms with Gasteiger partial charge in [-0.3, -0.25) is 14.7 Å². The maximum Gasteiger partial charge on any atom is 0.420 e. The number of rotatable bonds is 3. The molecule has 3 aromatic rings. The molecule has 9 nitrogen and oxygen atoms in total. The van der Waals surface area contributed by atoms with E-state index in [4.69, 9.17) is 16.0 Å². The van der Waals surface area contributed by atoms with Gasteiger partial charge in [0.15, 0.2) is 5.58 Å². The standard InChI is InChI=1S/C11H9ClN6O3/c1-17-10(14-15-16-17)13-9(19)5-18-7-3-2-6(12)4-8(7)21-11(18)20/h2-4H,5H2,1H3,(H,13,14,16,19). The molecule has 108 valence electrons. The van der Waals surface area contributed by atoms with Crippen LogP contribution in [0.1, 0.15) is 0 Å². The van der Waals surface area contributed by atoms with Gasteiger partial charge < -0.3 is 4.42 Å². The van der Waals surface area contributed by atoms with Gasteiger partial charge in [-0.2, -0.15) is 0 Å². The summed E-state index contributed by atoms with van der Waals surface area (Å²) in [5, 5.41) is 13.5. The zero-order valence-corrected chi connectivity index (χ0v) is 11.5. The summed E-state index contributed by atoms with van der Waals surface area (Å²) in [5.41, 5.74) is 0.802. The van der Waals surface area contributed by atoms with Crippen LogP contribution in [0.15, 0.2) is 27.4 Å². The number of aryl methyl sites for hydroxylation is 1. The fourth-order valence-electron chi connectivity index (χ4n) is 1.83. The lowest BCUT2D eigenvalue weighted by molar-refractivity contribution is -0.116. The number of fused-ring (bicyclic) bond motifs is 1. The van der Waals surface area contributed by atoms with E-state index in [1.807, 2.05) is 0 Å². The summed E-state index contributed by atoms with van der Waals surface area (Å²) in [5.74, 6) is -0.907. The molecule has 0 spiro atoms. The van der Waals surface area contributed by atoms with Crippen LogP contribution in [-0.2, 0) is 18.4 Å². The van der Waals surface area contributed by atoms with Crippen LogP contribution in [-0.4, -0.2) is 30.7 Å². The lowest BCUT2D eigenvalue weighted by Gasteiger charge is -2.03. The van der Waals surface area contributed by atoms with E-state index in [1.165, 1.54) is 15.3 Å². The van der Waals surface area contributed by atoms with Crippen molar-refractivity contribution in [2.45, 2.75) is 6.54 Å². The van der Waals surface area contributed by atoms with Crippen molar-refractivity contribution < 1.29 is 9.21 Å². The van der Waals surface area contributed by atoms with Crippen molar-refractivity contribution in [2.75, 3.05) is 5.32 Å². The molecular weight excluding hydrogens is 300 g/mol. The number of halogens is 1. The Bertz CT molecular complexity index is 880. The first kappa shape index (κ1) is 13.3. The van der Waals surface area contributed by atoms with Crippen molar-refractivity contribution in [1.82, 2.24) is 24.8 Å². The number of tetrazole rings is 1. The Kier molecular flexibility index (Phi) is 3.18. The third-order valence-corrected chi connectivity index (χ3v) is 3.04. The summed E-state index contributed by atoms with van der Waals surface area (Å²) in [6, 6.07) is 4.73. The van der Waals surface area contributed by atoms with Crippen molar-refractivity contribution in [3.8, 4) is 0 Å². The van der Waals surface area contributed by atoms with Gasteiger partial charge in [0.2, 0.25) is 11.9 Å². The van der Waals surface area contributed by atoms with Gasteiger partial charge in [0.05, 0.1) is 5.52 Å². The maximum absolute atomic E-state index is 11.9. The van der Waals surface area contributed by atoms with E-state index in [2.05, 4.69) is 20.8 Å². The third kappa shape index (κ3) is 2.50. The Labute approximate surface area is 122 Å². The number of hydrogen-bond acceptors (Lipinski definition) is 6. The predicted octanol–water partition coefficient (Wildman–Crippen LogP) is 0.410. The van der Waals surface area contributed by atoms with Gasteiger partial charge in [0.1, 0.15) is 6.54 Å². The summed E-state index contributed by atoms with van der Waals surface area (Å²) in [7, 11) is 1.58. The second-order valence-corrected chi connectivity index (χ2v) is 4.68. The van der Waals surface area contributed by atoms with Crippen LogP contribution >= 0.6 is 11.6 Å². The maximum atomic E-state index is 11.9. The minimum absolute atomic E-state index is 0.184. The zero-order chi connectivity index (χ0) is 15.0. The first-order valence-corrected chi connectivity index (χ1v) is 6.23. The molecule has 2 aromatic heterocycles. The number of anilines is 1. The number of hydrogen-bond donors (Lipinski definition) is 1. The molecule has 0 aliphatic rings. The van der Waals surface area contributed by atoms with Gasteiger partial charge in [0, 0.05) is 18.1 Å². The van der Waals surface area contributed by atoms with Gasteiger partial charge in [-0.15, -0.1) is 0 Å². The smallest absolute Gasteiger partial charge is 0.408 e. The summed E-state index contributed by atoms with van der Waals surface area (Å²) in [6.45, 7) is -0.222. The molecule has 0 saturated carbocycles. The molecule has 0 aliphatic heterocycles.